The van der Waals surface area contributed by atoms with E-state index in [0.717, 1.165) is 15.8 Å². The molecule has 0 unspecified atom stereocenters. The molecule has 0 saturated carbocycles. The number of aromatic nitrogens is 2. The van der Waals surface area contributed by atoms with Gasteiger partial charge in [-0.05, 0) is 43.7 Å². The SMILES string of the molecule is CCOC(=O)c1nn(-c2ccc(F)cc2)c(=O)cc1OCc1cccc(C)c1. The first-order valence-electron chi connectivity index (χ1n) is 8.73. The first kappa shape index (κ1) is 19.3. The predicted molar refractivity (Wildman–Crippen MR) is 101 cm³/mol. The van der Waals surface area contributed by atoms with Crippen molar-refractivity contribution in [1.29, 1.82) is 0 Å². The second-order valence-corrected chi connectivity index (χ2v) is 6.08. The highest BCUT2D eigenvalue weighted by Crippen LogP contribution is 2.18. The van der Waals surface area contributed by atoms with Crippen LogP contribution in [-0.2, 0) is 11.3 Å². The van der Waals surface area contributed by atoms with E-state index in [4.69, 9.17) is 9.47 Å². The smallest absolute Gasteiger partial charge is 0.362 e. The molecule has 1 aromatic heterocycles. The summed E-state index contributed by atoms with van der Waals surface area (Å²) in [5.74, 6) is -1.12. The Bertz CT molecular complexity index is 1050. The van der Waals surface area contributed by atoms with E-state index in [1.807, 2.05) is 31.2 Å². The number of hydrogen-bond donors (Lipinski definition) is 0. The molecule has 3 rings (SSSR count). The van der Waals surface area contributed by atoms with Crippen LogP contribution in [0.4, 0.5) is 4.39 Å². The summed E-state index contributed by atoms with van der Waals surface area (Å²) in [5, 5.41) is 4.10. The third-order valence-corrected chi connectivity index (χ3v) is 3.91. The summed E-state index contributed by atoms with van der Waals surface area (Å²) in [6, 6.07) is 14.0. The van der Waals surface area contributed by atoms with Crippen LogP contribution in [0.3, 0.4) is 0 Å². The second-order valence-electron chi connectivity index (χ2n) is 6.08. The molecular weight excluding hydrogens is 363 g/mol. The standard InChI is InChI=1S/C21H19FN2O4/c1-3-27-21(26)20-18(28-13-15-6-4-5-14(2)11-15)12-19(25)24(23-20)17-9-7-16(22)8-10-17/h4-12H,3,13H2,1-2H3. The Balaban J connectivity index is 1.98. The molecule has 6 nitrogen and oxygen atoms in total. The highest BCUT2D eigenvalue weighted by molar-refractivity contribution is 5.90. The van der Waals surface area contributed by atoms with Gasteiger partial charge in [-0.2, -0.15) is 9.78 Å². The molecule has 28 heavy (non-hydrogen) atoms. The number of aryl methyl sites for hydroxylation is 1. The average Bonchev–Trinajstić information content (AvgIpc) is 2.67. The van der Waals surface area contributed by atoms with Crippen LogP contribution in [0.15, 0.2) is 59.4 Å². The molecule has 0 spiro atoms. The fourth-order valence-electron chi connectivity index (χ4n) is 2.62. The zero-order chi connectivity index (χ0) is 20.1. The monoisotopic (exact) mass is 382 g/mol. The van der Waals surface area contributed by atoms with Crippen molar-refractivity contribution in [1.82, 2.24) is 9.78 Å². The quantitative estimate of drug-likeness (QED) is 0.611. The van der Waals surface area contributed by atoms with E-state index in [2.05, 4.69) is 5.10 Å². The van der Waals surface area contributed by atoms with E-state index in [1.54, 1.807) is 6.92 Å². The molecule has 0 aliphatic rings. The summed E-state index contributed by atoms with van der Waals surface area (Å²) in [5.41, 5.74) is 1.63. The number of nitrogens with zero attached hydrogens (tertiary/aromatic N) is 2. The lowest BCUT2D eigenvalue weighted by Gasteiger charge is -2.13. The van der Waals surface area contributed by atoms with Crippen molar-refractivity contribution in [3.63, 3.8) is 0 Å². The Morgan fingerprint density at radius 2 is 1.89 bits per heavy atom. The molecule has 2 aromatic carbocycles. The van der Waals surface area contributed by atoms with Crippen molar-refractivity contribution in [2.45, 2.75) is 20.5 Å². The number of hydrogen-bond acceptors (Lipinski definition) is 5. The molecule has 144 valence electrons. The third kappa shape index (κ3) is 4.43. The van der Waals surface area contributed by atoms with Crippen LogP contribution in [0.25, 0.3) is 5.69 Å². The fraction of sp³-hybridized carbons (Fsp3) is 0.190. The second kappa shape index (κ2) is 8.47. The number of halogens is 1. The zero-order valence-corrected chi connectivity index (χ0v) is 15.5. The van der Waals surface area contributed by atoms with Crippen molar-refractivity contribution in [3.8, 4) is 11.4 Å². The molecule has 0 radical (unpaired) electrons. The lowest BCUT2D eigenvalue weighted by atomic mass is 10.1. The van der Waals surface area contributed by atoms with Gasteiger partial charge in [0.1, 0.15) is 12.4 Å². The minimum absolute atomic E-state index is 0.0308. The van der Waals surface area contributed by atoms with Gasteiger partial charge in [0.2, 0.25) is 5.69 Å². The van der Waals surface area contributed by atoms with Gasteiger partial charge < -0.3 is 9.47 Å². The van der Waals surface area contributed by atoms with Gasteiger partial charge in [0.05, 0.1) is 18.4 Å². The molecule has 0 fully saturated rings. The van der Waals surface area contributed by atoms with Crippen molar-refractivity contribution >= 4 is 5.97 Å². The number of carbonyl (C=O) groups is 1. The van der Waals surface area contributed by atoms with Crippen molar-refractivity contribution < 1.29 is 18.7 Å². The molecule has 0 aliphatic carbocycles. The summed E-state index contributed by atoms with van der Waals surface area (Å²) in [4.78, 5) is 24.8. The van der Waals surface area contributed by atoms with E-state index in [1.165, 1.54) is 30.3 Å². The van der Waals surface area contributed by atoms with Gasteiger partial charge in [-0.3, -0.25) is 4.79 Å². The van der Waals surface area contributed by atoms with Crippen molar-refractivity contribution in [3.05, 3.63) is 87.6 Å². The van der Waals surface area contributed by atoms with Crippen LogP contribution >= 0.6 is 0 Å². The highest BCUT2D eigenvalue weighted by Gasteiger charge is 2.20. The maximum atomic E-state index is 13.2. The van der Waals surface area contributed by atoms with Gasteiger partial charge in [-0.25, -0.2) is 9.18 Å². The van der Waals surface area contributed by atoms with Gasteiger partial charge in [-0.1, -0.05) is 29.8 Å². The van der Waals surface area contributed by atoms with Gasteiger partial charge >= 0.3 is 5.97 Å². The van der Waals surface area contributed by atoms with Gasteiger partial charge in [0, 0.05) is 0 Å². The van der Waals surface area contributed by atoms with Crippen LogP contribution in [0.2, 0.25) is 0 Å². The maximum absolute atomic E-state index is 13.2. The molecule has 3 aromatic rings. The number of benzene rings is 2. The van der Waals surface area contributed by atoms with Crippen LogP contribution < -0.4 is 10.3 Å². The fourth-order valence-corrected chi connectivity index (χ4v) is 2.62. The first-order valence-corrected chi connectivity index (χ1v) is 8.73. The van der Waals surface area contributed by atoms with Crippen LogP contribution in [0.5, 0.6) is 5.75 Å². The van der Waals surface area contributed by atoms with Crippen molar-refractivity contribution in [2.75, 3.05) is 6.61 Å². The summed E-state index contributed by atoms with van der Waals surface area (Å²) in [6.07, 6.45) is 0. The summed E-state index contributed by atoms with van der Waals surface area (Å²) < 4.78 is 24.9. The minimum Gasteiger partial charge on any atom is -0.486 e. The number of ether oxygens (including phenoxy) is 2. The molecule has 0 N–H and O–H groups in total. The molecule has 0 saturated heterocycles. The Kier molecular flexibility index (Phi) is 5.84. The minimum atomic E-state index is -0.711. The van der Waals surface area contributed by atoms with Gasteiger partial charge in [0.25, 0.3) is 5.56 Å². The third-order valence-electron chi connectivity index (χ3n) is 3.91. The Labute approximate surface area is 161 Å². The van der Waals surface area contributed by atoms with Crippen LogP contribution in [-0.4, -0.2) is 22.4 Å². The first-order chi connectivity index (χ1) is 13.5. The summed E-state index contributed by atoms with van der Waals surface area (Å²) in [6.45, 7) is 3.93. The van der Waals surface area contributed by atoms with Gasteiger partial charge in [0.15, 0.2) is 5.75 Å². The molecule has 0 atom stereocenters. The van der Waals surface area contributed by atoms with E-state index in [-0.39, 0.29) is 24.7 Å². The van der Waals surface area contributed by atoms with Gasteiger partial charge in [-0.15, -0.1) is 0 Å². The van der Waals surface area contributed by atoms with E-state index in [0.29, 0.717) is 5.69 Å². The number of rotatable bonds is 6. The van der Waals surface area contributed by atoms with E-state index in [9.17, 15) is 14.0 Å². The molecule has 0 amide bonds. The molecular formula is C21H19FN2O4. The average molecular weight is 382 g/mol. The Morgan fingerprint density at radius 3 is 2.57 bits per heavy atom. The largest absolute Gasteiger partial charge is 0.486 e. The zero-order valence-electron chi connectivity index (χ0n) is 15.5. The Hall–Kier alpha value is -3.48. The lowest BCUT2D eigenvalue weighted by Crippen LogP contribution is -2.25. The number of carbonyl (C=O) groups excluding carboxylic acids is 1. The summed E-state index contributed by atoms with van der Waals surface area (Å²) in [7, 11) is 0. The number of esters is 1. The Morgan fingerprint density at radius 1 is 1.14 bits per heavy atom. The van der Waals surface area contributed by atoms with E-state index >= 15 is 0 Å². The topological polar surface area (TPSA) is 70.4 Å². The lowest BCUT2D eigenvalue weighted by molar-refractivity contribution is 0.0511. The van der Waals surface area contributed by atoms with E-state index < -0.39 is 17.3 Å². The molecule has 1 heterocycles. The van der Waals surface area contributed by atoms with Crippen LogP contribution in [0, 0.1) is 12.7 Å². The predicted octanol–water partition coefficient (Wildman–Crippen LogP) is 3.44. The highest BCUT2D eigenvalue weighted by atomic mass is 19.1. The van der Waals surface area contributed by atoms with Crippen LogP contribution in [0.1, 0.15) is 28.5 Å². The molecule has 7 heteroatoms. The normalized spacial score (nSPS) is 10.5. The molecule has 0 bridgehead atoms. The maximum Gasteiger partial charge on any atom is 0.362 e. The molecule has 0 aliphatic heterocycles. The summed E-state index contributed by atoms with van der Waals surface area (Å²) >= 11 is 0. The van der Waals surface area contributed by atoms with Crippen molar-refractivity contribution in [2.24, 2.45) is 0 Å².